The van der Waals surface area contributed by atoms with Crippen molar-refractivity contribution < 1.29 is 9.53 Å². The number of carbonyl (C=O) groups is 1. The first-order valence-electron chi connectivity index (χ1n) is 10.4. The van der Waals surface area contributed by atoms with Gasteiger partial charge in [0.2, 0.25) is 5.91 Å². The molecule has 1 aliphatic rings. The van der Waals surface area contributed by atoms with Crippen LogP contribution in [0.3, 0.4) is 0 Å². The van der Waals surface area contributed by atoms with Gasteiger partial charge in [-0.2, -0.15) is 0 Å². The summed E-state index contributed by atoms with van der Waals surface area (Å²) in [5.74, 6) is 0.837. The third-order valence-corrected chi connectivity index (χ3v) is 6.28. The van der Waals surface area contributed by atoms with Crippen molar-refractivity contribution in [2.75, 3.05) is 5.32 Å². The van der Waals surface area contributed by atoms with E-state index in [0.717, 1.165) is 53.8 Å². The van der Waals surface area contributed by atoms with Gasteiger partial charge in [-0.1, -0.05) is 73.0 Å². The van der Waals surface area contributed by atoms with Crippen LogP contribution in [0.5, 0.6) is 5.75 Å². The van der Waals surface area contributed by atoms with Crippen molar-refractivity contribution in [3.8, 4) is 5.75 Å². The van der Waals surface area contributed by atoms with Crippen molar-refractivity contribution in [2.24, 2.45) is 0 Å². The Hall–Kier alpha value is -2.78. The van der Waals surface area contributed by atoms with E-state index in [2.05, 4.69) is 5.32 Å². The molecule has 0 saturated heterocycles. The summed E-state index contributed by atoms with van der Waals surface area (Å²) in [6.45, 7) is 2.51. The Labute approximate surface area is 183 Å². The molecule has 30 heavy (non-hydrogen) atoms. The molecule has 1 fully saturated rings. The molecule has 0 radical (unpaired) electrons. The van der Waals surface area contributed by atoms with Gasteiger partial charge in [-0.05, 0) is 60.7 Å². The molecule has 1 aliphatic carbocycles. The zero-order valence-electron chi connectivity index (χ0n) is 17.2. The van der Waals surface area contributed by atoms with Crippen LogP contribution in [-0.2, 0) is 16.8 Å². The minimum atomic E-state index is -0.561. The number of hydrogen-bond acceptors (Lipinski definition) is 2. The van der Waals surface area contributed by atoms with Crippen LogP contribution in [0, 0.1) is 6.92 Å². The van der Waals surface area contributed by atoms with E-state index in [-0.39, 0.29) is 5.91 Å². The fourth-order valence-corrected chi connectivity index (χ4v) is 4.64. The largest absolute Gasteiger partial charge is 0.489 e. The maximum absolute atomic E-state index is 13.4. The molecule has 0 spiro atoms. The lowest BCUT2D eigenvalue weighted by Gasteiger charge is -2.29. The number of nitrogens with one attached hydrogen (secondary N) is 1. The van der Waals surface area contributed by atoms with Crippen LogP contribution in [0.25, 0.3) is 0 Å². The van der Waals surface area contributed by atoms with Crippen molar-refractivity contribution in [3.63, 3.8) is 0 Å². The molecular weight excluding hydrogens is 394 g/mol. The van der Waals surface area contributed by atoms with Crippen LogP contribution in [0.4, 0.5) is 5.69 Å². The number of halogens is 1. The summed E-state index contributed by atoms with van der Waals surface area (Å²) in [6.07, 6.45) is 3.70. The number of anilines is 1. The molecule has 0 aliphatic heterocycles. The molecule has 0 bridgehead atoms. The average Bonchev–Trinajstić information content (AvgIpc) is 3.25. The summed E-state index contributed by atoms with van der Waals surface area (Å²) < 4.78 is 5.96. The second-order valence-corrected chi connectivity index (χ2v) is 8.38. The maximum Gasteiger partial charge on any atom is 0.235 e. The molecule has 3 nitrogen and oxygen atoms in total. The number of aryl methyl sites for hydroxylation is 1. The molecule has 3 aromatic carbocycles. The van der Waals surface area contributed by atoms with Gasteiger partial charge in [-0.3, -0.25) is 4.79 Å². The van der Waals surface area contributed by atoms with E-state index in [4.69, 9.17) is 16.3 Å². The summed E-state index contributed by atoms with van der Waals surface area (Å²) in [7, 11) is 0. The van der Waals surface area contributed by atoms with Crippen molar-refractivity contribution in [1.82, 2.24) is 0 Å². The monoisotopic (exact) mass is 419 g/mol. The highest BCUT2D eigenvalue weighted by atomic mass is 35.5. The lowest BCUT2D eigenvalue weighted by atomic mass is 9.78. The van der Waals surface area contributed by atoms with E-state index in [1.54, 1.807) is 0 Å². The van der Waals surface area contributed by atoms with Gasteiger partial charge in [0.15, 0.2) is 0 Å². The maximum atomic E-state index is 13.4. The Morgan fingerprint density at radius 3 is 2.40 bits per heavy atom. The van der Waals surface area contributed by atoms with Crippen molar-refractivity contribution in [2.45, 2.75) is 44.6 Å². The van der Waals surface area contributed by atoms with Crippen molar-refractivity contribution in [1.29, 1.82) is 0 Å². The van der Waals surface area contributed by atoms with Gasteiger partial charge in [-0.15, -0.1) is 0 Å². The van der Waals surface area contributed by atoms with E-state index >= 15 is 0 Å². The zero-order valence-corrected chi connectivity index (χ0v) is 17.9. The highest BCUT2D eigenvalue weighted by Gasteiger charge is 2.43. The van der Waals surface area contributed by atoms with Gasteiger partial charge >= 0.3 is 0 Å². The Morgan fingerprint density at radius 2 is 1.70 bits per heavy atom. The molecule has 3 aromatic rings. The quantitative estimate of drug-likeness (QED) is 0.484. The molecule has 1 saturated carbocycles. The number of carbonyl (C=O) groups excluding carboxylic acids is 1. The van der Waals surface area contributed by atoms with E-state index in [9.17, 15) is 4.79 Å². The van der Waals surface area contributed by atoms with Crippen LogP contribution in [0.15, 0.2) is 72.8 Å². The van der Waals surface area contributed by atoms with Gasteiger partial charge in [0.25, 0.3) is 0 Å². The Balaban J connectivity index is 1.50. The smallest absolute Gasteiger partial charge is 0.235 e. The molecular formula is C26H26ClNO2. The molecule has 4 rings (SSSR count). The highest BCUT2D eigenvalue weighted by Crippen LogP contribution is 2.44. The third kappa shape index (κ3) is 4.22. The number of benzene rings is 3. The van der Waals surface area contributed by atoms with Crippen LogP contribution >= 0.6 is 11.6 Å². The fourth-order valence-electron chi connectivity index (χ4n) is 4.32. The normalized spacial score (nSPS) is 15.0. The molecule has 1 N–H and O–H groups in total. The second kappa shape index (κ2) is 8.93. The van der Waals surface area contributed by atoms with Crippen LogP contribution < -0.4 is 10.1 Å². The van der Waals surface area contributed by atoms with E-state index in [0.29, 0.717) is 11.6 Å². The average molecular weight is 420 g/mol. The van der Waals surface area contributed by atoms with Gasteiger partial charge in [0.05, 0.1) is 5.41 Å². The highest BCUT2D eigenvalue weighted by molar-refractivity contribution is 6.31. The van der Waals surface area contributed by atoms with E-state index < -0.39 is 5.41 Å². The molecule has 0 heterocycles. The summed E-state index contributed by atoms with van der Waals surface area (Å²) in [4.78, 5) is 13.4. The lowest BCUT2D eigenvalue weighted by Crippen LogP contribution is -2.38. The summed E-state index contributed by atoms with van der Waals surface area (Å²) in [5.41, 5.74) is 3.26. The number of rotatable bonds is 6. The second-order valence-electron chi connectivity index (χ2n) is 7.98. The van der Waals surface area contributed by atoms with Gasteiger partial charge in [0.1, 0.15) is 12.4 Å². The first-order valence-corrected chi connectivity index (χ1v) is 10.8. The van der Waals surface area contributed by atoms with Gasteiger partial charge in [0, 0.05) is 10.7 Å². The first-order chi connectivity index (χ1) is 14.6. The van der Waals surface area contributed by atoms with Crippen LogP contribution in [0.2, 0.25) is 5.02 Å². The molecule has 0 unspecified atom stereocenters. The molecule has 1 amide bonds. The zero-order chi connectivity index (χ0) is 21.0. The Bertz CT molecular complexity index is 1030. The number of amides is 1. The van der Waals surface area contributed by atoms with Gasteiger partial charge in [-0.25, -0.2) is 0 Å². The van der Waals surface area contributed by atoms with E-state index in [1.807, 2.05) is 79.7 Å². The first kappa shape index (κ1) is 20.5. The molecule has 154 valence electrons. The number of hydrogen-bond donors (Lipinski definition) is 1. The van der Waals surface area contributed by atoms with Crippen LogP contribution in [0.1, 0.15) is 42.4 Å². The summed E-state index contributed by atoms with van der Waals surface area (Å²) >= 11 is 6.48. The third-order valence-electron chi connectivity index (χ3n) is 5.95. The number of ether oxygens (including phenoxy) is 1. The summed E-state index contributed by atoms with van der Waals surface area (Å²) in [6, 6.07) is 23.6. The fraction of sp³-hybridized carbons (Fsp3) is 0.269. The Morgan fingerprint density at radius 1 is 1.00 bits per heavy atom. The molecule has 0 atom stereocenters. The minimum absolute atomic E-state index is 0.0189. The predicted molar refractivity (Wildman–Crippen MR) is 122 cm³/mol. The Kier molecular flexibility index (Phi) is 6.10. The van der Waals surface area contributed by atoms with Crippen molar-refractivity contribution in [3.05, 3.63) is 94.5 Å². The standard InChI is InChI=1S/C26H26ClNO2/c1-19-17-21(13-14-24(19)30-18-20-9-3-2-4-10-20)28-25(29)26(15-7-8-16-26)22-11-5-6-12-23(22)27/h2-6,9-14,17H,7-8,15-16,18H2,1H3,(H,28,29). The molecule has 4 heteroatoms. The van der Waals surface area contributed by atoms with Gasteiger partial charge < -0.3 is 10.1 Å². The minimum Gasteiger partial charge on any atom is -0.489 e. The molecule has 0 aromatic heterocycles. The van der Waals surface area contributed by atoms with Crippen LogP contribution in [-0.4, -0.2) is 5.91 Å². The lowest BCUT2D eigenvalue weighted by molar-refractivity contribution is -0.121. The topological polar surface area (TPSA) is 38.3 Å². The van der Waals surface area contributed by atoms with Crippen molar-refractivity contribution >= 4 is 23.2 Å². The summed E-state index contributed by atoms with van der Waals surface area (Å²) in [5, 5.41) is 3.80. The predicted octanol–water partition coefficient (Wildman–Crippen LogP) is 6.68. The SMILES string of the molecule is Cc1cc(NC(=O)C2(c3ccccc3Cl)CCCC2)ccc1OCc1ccccc1. The van der Waals surface area contributed by atoms with E-state index in [1.165, 1.54) is 0 Å².